The number of hydrogen-bond donors (Lipinski definition) is 0. The Morgan fingerprint density at radius 3 is 2.23 bits per heavy atom. The molecule has 1 rings (SSSR count). The van der Waals surface area contributed by atoms with Crippen molar-refractivity contribution in [3.8, 4) is 0 Å². The summed E-state index contributed by atoms with van der Waals surface area (Å²) in [6.45, 7) is 6.33. The molecular formula is C11H19NO. The molecule has 0 N–H and O–H groups in total. The van der Waals surface area contributed by atoms with Gasteiger partial charge in [-0.2, -0.15) is 4.99 Å². The van der Waals surface area contributed by atoms with Gasteiger partial charge in [-0.25, -0.2) is 4.79 Å². The molecule has 0 aromatic heterocycles. The minimum atomic E-state index is -0.241. The van der Waals surface area contributed by atoms with E-state index in [1.165, 1.54) is 32.1 Å². The van der Waals surface area contributed by atoms with Crippen LogP contribution in [0.3, 0.4) is 0 Å². The van der Waals surface area contributed by atoms with E-state index in [-0.39, 0.29) is 11.0 Å². The van der Waals surface area contributed by atoms with Crippen LogP contribution in [-0.4, -0.2) is 11.6 Å². The zero-order valence-corrected chi connectivity index (χ0v) is 8.89. The highest BCUT2D eigenvalue weighted by molar-refractivity contribution is 5.35. The molecule has 74 valence electrons. The minimum absolute atomic E-state index is 0.197. The highest BCUT2D eigenvalue weighted by Crippen LogP contribution is 2.45. The Bertz CT molecular complexity index is 220. The van der Waals surface area contributed by atoms with Gasteiger partial charge in [0.25, 0.3) is 0 Å². The predicted molar refractivity (Wildman–Crippen MR) is 53.4 cm³/mol. The van der Waals surface area contributed by atoms with Crippen LogP contribution in [0.15, 0.2) is 4.99 Å². The molecule has 1 aliphatic rings. The third-order valence-electron chi connectivity index (χ3n) is 3.76. The van der Waals surface area contributed by atoms with Crippen LogP contribution in [0.4, 0.5) is 0 Å². The molecule has 13 heavy (non-hydrogen) atoms. The van der Waals surface area contributed by atoms with E-state index >= 15 is 0 Å². The van der Waals surface area contributed by atoms with Gasteiger partial charge in [-0.1, -0.05) is 26.2 Å². The van der Waals surface area contributed by atoms with E-state index in [0.29, 0.717) is 0 Å². The molecule has 0 atom stereocenters. The second kappa shape index (κ2) is 3.63. The Morgan fingerprint density at radius 2 is 1.77 bits per heavy atom. The molecule has 1 aliphatic carbocycles. The van der Waals surface area contributed by atoms with Crippen LogP contribution in [-0.2, 0) is 4.79 Å². The Hall–Kier alpha value is -0.620. The highest BCUT2D eigenvalue weighted by Gasteiger charge is 2.41. The fourth-order valence-electron chi connectivity index (χ4n) is 2.19. The van der Waals surface area contributed by atoms with Crippen LogP contribution in [0.2, 0.25) is 0 Å². The largest absolute Gasteiger partial charge is 0.235 e. The maximum atomic E-state index is 10.3. The van der Waals surface area contributed by atoms with Crippen LogP contribution < -0.4 is 0 Å². The predicted octanol–water partition coefficient (Wildman–Crippen LogP) is 3.07. The first kappa shape index (κ1) is 10.5. The molecule has 0 amide bonds. The average Bonchev–Trinajstić information content (AvgIpc) is 2.05. The zero-order chi connectivity index (χ0) is 9.95. The van der Waals surface area contributed by atoms with Crippen LogP contribution >= 0.6 is 0 Å². The van der Waals surface area contributed by atoms with E-state index < -0.39 is 0 Å². The SMILES string of the molecule is CC1(C(C)(C)N=C=O)CCCCC1. The number of nitrogens with zero attached hydrogens (tertiary/aromatic N) is 1. The van der Waals surface area contributed by atoms with Gasteiger partial charge in [0.1, 0.15) is 0 Å². The summed E-state index contributed by atoms with van der Waals surface area (Å²) in [6, 6.07) is 0. The highest BCUT2D eigenvalue weighted by atomic mass is 16.1. The van der Waals surface area contributed by atoms with E-state index in [0.717, 1.165) is 0 Å². The second-order valence-corrected chi connectivity index (χ2v) is 4.88. The molecule has 0 aliphatic heterocycles. The van der Waals surface area contributed by atoms with Crippen molar-refractivity contribution in [3.05, 3.63) is 0 Å². The molecule has 0 aromatic carbocycles. The lowest BCUT2D eigenvalue weighted by Gasteiger charge is -2.43. The molecule has 0 aromatic rings. The van der Waals surface area contributed by atoms with Gasteiger partial charge in [-0.3, -0.25) is 0 Å². The molecule has 2 nitrogen and oxygen atoms in total. The normalized spacial score (nSPS) is 22.1. The smallest absolute Gasteiger partial charge is 0.211 e. The van der Waals surface area contributed by atoms with Gasteiger partial charge < -0.3 is 0 Å². The number of isocyanates is 1. The lowest BCUT2D eigenvalue weighted by molar-refractivity contribution is 0.115. The van der Waals surface area contributed by atoms with Crippen molar-refractivity contribution in [2.45, 2.75) is 58.4 Å². The van der Waals surface area contributed by atoms with Crippen LogP contribution in [0.1, 0.15) is 52.9 Å². The Balaban J connectivity index is 2.82. The molecular weight excluding hydrogens is 162 g/mol. The van der Waals surface area contributed by atoms with Crippen molar-refractivity contribution in [1.29, 1.82) is 0 Å². The molecule has 1 saturated carbocycles. The topological polar surface area (TPSA) is 29.4 Å². The Kier molecular flexibility index (Phi) is 2.92. The van der Waals surface area contributed by atoms with Gasteiger partial charge in [0.05, 0.1) is 5.54 Å². The summed E-state index contributed by atoms with van der Waals surface area (Å²) in [7, 11) is 0. The lowest BCUT2D eigenvalue weighted by Crippen LogP contribution is -2.41. The maximum absolute atomic E-state index is 10.3. The molecule has 0 spiro atoms. The summed E-state index contributed by atoms with van der Waals surface area (Å²) in [6.07, 6.45) is 7.95. The van der Waals surface area contributed by atoms with Crippen LogP contribution in [0, 0.1) is 5.41 Å². The fraction of sp³-hybridized carbons (Fsp3) is 0.909. The van der Waals surface area contributed by atoms with E-state index in [4.69, 9.17) is 0 Å². The number of hydrogen-bond acceptors (Lipinski definition) is 2. The van der Waals surface area contributed by atoms with E-state index in [2.05, 4.69) is 11.9 Å². The van der Waals surface area contributed by atoms with Crippen molar-refractivity contribution in [3.63, 3.8) is 0 Å². The van der Waals surface area contributed by atoms with E-state index in [1.54, 1.807) is 6.08 Å². The van der Waals surface area contributed by atoms with Gasteiger partial charge in [0, 0.05) is 0 Å². The number of carbonyl (C=O) groups excluding carboxylic acids is 1. The Morgan fingerprint density at radius 1 is 1.23 bits per heavy atom. The third-order valence-corrected chi connectivity index (χ3v) is 3.76. The Labute approximate surface area is 80.4 Å². The van der Waals surface area contributed by atoms with E-state index in [1.807, 2.05) is 13.8 Å². The third kappa shape index (κ3) is 2.00. The molecule has 0 radical (unpaired) electrons. The number of aliphatic imine (C=N–C) groups is 1. The van der Waals surface area contributed by atoms with Gasteiger partial charge in [-0.15, -0.1) is 0 Å². The lowest BCUT2D eigenvalue weighted by atomic mass is 9.64. The minimum Gasteiger partial charge on any atom is -0.211 e. The fourth-order valence-corrected chi connectivity index (χ4v) is 2.19. The summed E-state index contributed by atoms with van der Waals surface area (Å²) in [4.78, 5) is 14.3. The van der Waals surface area contributed by atoms with Crippen LogP contribution in [0.5, 0.6) is 0 Å². The van der Waals surface area contributed by atoms with Gasteiger partial charge in [0.15, 0.2) is 0 Å². The molecule has 0 heterocycles. The standard InChI is InChI=1S/C11H19NO/c1-10(2,12-9-13)11(3)7-5-4-6-8-11/h4-8H2,1-3H3. The molecule has 2 heteroatoms. The summed E-state index contributed by atoms with van der Waals surface area (Å²) < 4.78 is 0. The zero-order valence-electron chi connectivity index (χ0n) is 8.89. The van der Waals surface area contributed by atoms with Gasteiger partial charge in [0.2, 0.25) is 6.08 Å². The first-order valence-electron chi connectivity index (χ1n) is 5.11. The van der Waals surface area contributed by atoms with Gasteiger partial charge in [-0.05, 0) is 32.1 Å². The average molecular weight is 181 g/mol. The van der Waals surface area contributed by atoms with Crippen molar-refractivity contribution in [1.82, 2.24) is 0 Å². The van der Waals surface area contributed by atoms with Crippen LogP contribution in [0.25, 0.3) is 0 Å². The quantitative estimate of drug-likeness (QED) is 0.475. The summed E-state index contributed by atoms with van der Waals surface area (Å²) in [5, 5.41) is 0. The van der Waals surface area contributed by atoms with Gasteiger partial charge >= 0.3 is 0 Å². The summed E-state index contributed by atoms with van der Waals surface area (Å²) in [5.74, 6) is 0. The second-order valence-electron chi connectivity index (χ2n) is 4.88. The molecule has 1 fully saturated rings. The van der Waals surface area contributed by atoms with Crippen molar-refractivity contribution in [2.75, 3.05) is 0 Å². The van der Waals surface area contributed by atoms with Crippen molar-refractivity contribution in [2.24, 2.45) is 10.4 Å². The molecule has 0 bridgehead atoms. The summed E-state index contributed by atoms with van der Waals surface area (Å²) in [5.41, 5.74) is -0.0438. The molecule has 0 saturated heterocycles. The van der Waals surface area contributed by atoms with Crippen molar-refractivity contribution < 1.29 is 4.79 Å². The maximum Gasteiger partial charge on any atom is 0.235 e. The van der Waals surface area contributed by atoms with E-state index in [9.17, 15) is 4.79 Å². The first-order chi connectivity index (χ1) is 6.02. The number of rotatable bonds is 2. The summed E-state index contributed by atoms with van der Waals surface area (Å²) >= 11 is 0. The molecule has 0 unspecified atom stereocenters. The van der Waals surface area contributed by atoms with Crippen molar-refractivity contribution >= 4 is 6.08 Å². The first-order valence-corrected chi connectivity index (χ1v) is 5.11. The monoisotopic (exact) mass is 181 g/mol.